The molecule has 1 aliphatic rings. The molecule has 2 aromatic carbocycles. The minimum Gasteiger partial charge on any atom is -0.271 e. The smallest absolute Gasteiger partial charge is 0.0712 e. The molecule has 0 aliphatic heterocycles. The molecule has 0 spiro atoms. The van der Waals surface area contributed by atoms with Crippen molar-refractivity contribution in [2.24, 2.45) is 5.84 Å². The van der Waals surface area contributed by atoms with E-state index in [1.54, 1.807) is 0 Å². The maximum Gasteiger partial charge on any atom is 0.0712 e. The highest BCUT2D eigenvalue weighted by Gasteiger charge is 2.21. The summed E-state index contributed by atoms with van der Waals surface area (Å²) >= 11 is 6.05. The van der Waals surface area contributed by atoms with E-state index in [-0.39, 0.29) is 6.04 Å². The molecule has 3 N–H and O–H groups in total. The first-order valence-electron chi connectivity index (χ1n) is 7.51. The second-order valence-electron chi connectivity index (χ2n) is 5.90. The van der Waals surface area contributed by atoms with Gasteiger partial charge in [0.1, 0.15) is 0 Å². The van der Waals surface area contributed by atoms with Crippen LogP contribution >= 0.6 is 11.6 Å². The third-order valence-corrected chi connectivity index (χ3v) is 4.77. The van der Waals surface area contributed by atoms with Gasteiger partial charge in [-0.1, -0.05) is 48.4 Å². The summed E-state index contributed by atoms with van der Waals surface area (Å²) in [5.74, 6) is 6.56. The molecule has 0 saturated heterocycles. The summed E-state index contributed by atoms with van der Waals surface area (Å²) in [4.78, 5) is 0. The zero-order valence-electron chi connectivity index (χ0n) is 12.3. The predicted molar refractivity (Wildman–Crippen MR) is 88.4 cm³/mol. The van der Waals surface area contributed by atoms with E-state index < -0.39 is 0 Å². The average Bonchev–Trinajstić information content (AvgIpc) is 2.40. The van der Waals surface area contributed by atoms with E-state index in [1.165, 1.54) is 36.0 Å². The van der Waals surface area contributed by atoms with Gasteiger partial charge in [-0.25, -0.2) is 5.43 Å². The van der Waals surface area contributed by atoms with Gasteiger partial charge in [-0.15, -0.1) is 0 Å². The Kier molecular flexibility index (Phi) is 4.29. The Morgan fingerprint density at radius 2 is 2.00 bits per heavy atom. The van der Waals surface area contributed by atoms with Crippen molar-refractivity contribution in [2.45, 2.75) is 38.1 Å². The molecule has 1 unspecified atom stereocenters. The fourth-order valence-corrected chi connectivity index (χ4v) is 3.29. The summed E-state index contributed by atoms with van der Waals surface area (Å²) in [5, 5.41) is 0.759. The number of hydrogen-bond acceptors (Lipinski definition) is 2. The lowest BCUT2D eigenvalue weighted by Crippen LogP contribution is -2.29. The molecular weight excluding hydrogens is 280 g/mol. The van der Waals surface area contributed by atoms with Gasteiger partial charge in [0.25, 0.3) is 0 Å². The third-order valence-electron chi connectivity index (χ3n) is 4.53. The molecule has 3 rings (SSSR count). The molecule has 2 nitrogen and oxygen atoms in total. The quantitative estimate of drug-likeness (QED) is 0.646. The number of hydrazine groups is 1. The van der Waals surface area contributed by atoms with E-state index in [1.807, 2.05) is 12.1 Å². The lowest BCUT2D eigenvalue weighted by atomic mass is 9.79. The molecule has 0 heterocycles. The van der Waals surface area contributed by atoms with Crippen LogP contribution in [0.25, 0.3) is 0 Å². The number of nitrogens with one attached hydrogen (secondary N) is 1. The first kappa shape index (κ1) is 14.6. The molecule has 21 heavy (non-hydrogen) atoms. The summed E-state index contributed by atoms with van der Waals surface area (Å²) in [6, 6.07) is 14.8. The van der Waals surface area contributed by atoms with Crippen LogP contribution < -0.4 is 11.3 Å². The number of halogens is 1. The molecule has 1 fully saturated rings. The van der Waals surface area contributed by atoms with Gasteiger partial charge in [0.15, 0.2) is 0 Å². The lowest BCUT2D eigenvalue weighted by Gasteiger charge is -2.27. The highest BCUT2D eigenvalue weighted by Crippen LogP contribution is 2.37. The molecule has 1 atom stereocenters. The molecule has 3 heteroatoms. The average molecular weight is 301 g/mol. The largest absolute Gasteiger partial charge is 0.271 e. The Labute approximate surface area is 131 Å². The molecule has 0 radical (unpaired) electrons. The van der Waals surface area contributed by atoms with Crippen LogP contribution in [0.4, 0.5) is 0 Å². The summed E-state index contributed by atoms with van der Waals surface area (Å²) in [7, 11) is 0. The zero-order chi connectivity index (χ0) is 14.8. The molecule has 0 bridgehead atoms. The fourth-order valence-electron chi connectivity index (χ4n) is 3.06. The molecule has 110 valence electrons. The highest BCUT2D eigenvalue weighted by molar-refractivity contribution is 6.30. The van der Waals surface area contributed by atoms with Crippen LogP contribution in [-0.4, -0.2) is 0 Å². The normalized spacial score (nSPS) is 16.5. The van der Waals surface area contributed by atoms with Crippen LogP contribution in [0.3, 0.4) is 0 Å². The molecule has 0 amide bonds. The standard InChI is InChI=1S/C18H21ClN2/c1-12-10-16(19)8-9-17(12)18(21-20)15-7-3-6-14(11-15)13-4-2-5-13/h3,6-11,13,18,21H,2,4-5,20H2,1H3. The van der Waals surface area contributed by atoms with Crippen LogP contribution in [0.2, 0.25) is 5.02 Å². The Morgan fingerprint density at radius 3 is 2.62 bits per heavy atom. The summed E-state index contributed by atoms with van der Waals surface area (Å²) in [6.07, 6.45) is 3.97. The number of hydrogen-bond donors (Lipinski definition) is 2. The van der Waals surface area contributed by atoms with Gasteiger partial charge < -0.3 is 0 Å². The van der Waals surface area contributed by atoms with Gasteiger partial charge in [0, 0.05) is 5.02 Å². The van der Waals surface area contributed by atoms with Gasteiger partial charge in [-0.3, -0.25) is 5.84 Å². The zero-order valence-corrected chi connectivity index (χ0v) is 13.0. The topological polar surface area (TPSA) is 38.0 Å². The predicted octanol–water partition coefficient (Wildman–Crippen LogP) is 4.47. The molecule has 1 saturated carbocycles. The van der Waals surface area contributed by atoms with Crippen LogP contribution in [-0.2, 0) is 0 Å². The fraction of sp³-hybridized carbons (Fsp3) is 0.333. The molecular formula is C18H21ClN2. The highest BCUT2D eigenvalue weighted by atomic mass is 35.5. The Bertz CT molecular complexity index is 635. The lowest BCUT2D eigenvalue weighted by molar-refractivity contribution is 0.419. The molecule has 0 aromatic heterocycles. The van der Waals surface area contributed by atoms with Crippen LogP contribution in [0, 0.1) is 6.92 Å². The van der Waals surface area contributed by atoms with Crippen molar-refractivity contribution >= 4 is 11.6 Å². The van der Waals surface area contributed by atoms with E-state index in [0.717, 1.165) is 16.5 Å². The van der Waals surface area contributed by atoms with E-state index in [2.05, 4.69) is 42.7 Å². The van der Waals surface area contributed by atoms with Gasteiger partial charge in [0.2, 0.25) is 0 Å². The van der Waals surface area contributed by atoms with Crippen LogP contribution in [0.1, 0.15) is 53.5 Å². The van der Waals surface area contributed by atoms with Gasteiger partial charge in [0.05, 0.1) is 6.04 Å². The molecule has 2 aromatic rings. The van der Waals surface area contributed by atoms with Gasteiger partial charge >= 0.3 is 0 Å². The van der Waals surface area contributed by atoms with E-state index >= 15 is 0 Å². The minimum atomic E-state index is 0.00212. The van der Waals surface area contributed by atoms with E-state index in [0.29, 0.717) is 0 Å². The van der Waals surface area contributed by atoms with E-state index in [4.69, 9.17) is 17.4 Å². The van der Waals surface area contributed by atoms with Crippen molar-refractivity contribution in [1.29, 1.82) is 0 Å². The first-order chi connectivity index (χ1) is 10.2. The number of aryl methyl sites for hydroxylation is 1. The van der Waals surface area contributed by atoms with Crippen molar-refractivity contribution in [3.63, 3.8) is 0 Å². The third kappa shape index (κ3) is 2.98. The Morgan fingerprint density at radius 1 is 1.19 bits per heavy atom. The number of rotatable bonds is 4. The molecule has 1 aliphatic carbocycles. The second kappa shape index (κ2) is 6.18. The maximum atomic E-state index is 6.05. The van der Waals surface area contributed by atoms with Gasteiger partial charge in [-0.05, 0) is 60.1 Å². The van der Waals surface area contributed by atoms with Crippen LogP contribution in [0.15, 0.2) is 42.5 Å². The first-order valence-corrected chi connectivity index (χ1v) is 7.89. The second-order valence-corrected chi connectivity index (χ2v) is 6.33. The van der Waals surface area contributed by atoms with Crippen molar-refractivity contribution in [3.05, 3.63) is 69.7 Å². The van der Waals surface area contributed by atoms with Crippen molar-refractivity contribution in [1.82, 2.24) is 5.43 Å². The summed E-state index contributed by atoms with van der Waals surface area (Å²) < 4.78 is 0. The number of nitrogens with two attached hydrogens (primary N) is 1. The Balaban J connectivity index is 1.95. The van der Waals surface area contributed by atoms with E-state index in [9.17, 15) is 0 Å². The SMILES string of the molecule is Cc1cc(Cl)ccc1C(NN)c1cccc(C2CCC2)c1. The van der Waals surface area contributed by atoms with Gasteiger partial charge in [-0.2, -0.15) is 0 Å². The summed E-state index contributed by atoms with van der Waals surface area (Å²) in [5.41, 5.74) is 7.93. The number of benzene rings is 2. The summed E-state index contributed by atoms with van der Waals surface area (Å²) in [6.45, 7) is 2.07. The monoisotopic (exact) mass is 300 g/mol. The Hall–Kier alpha value is -1.35. The van der Waals surface area contributed by atoms with Crippen molar-refractivity contribution in [3.8, 4) is 0 Å². The maximum absolute atomic E-state index is 6.05. The van der Waals surface area contributed by atoms with Crippen LogP contribution in [0.5, 0.6) is 0 Å². The minimum absolute atomic E-state index is 0.00212. The van der Waals surface area contributed by atoms with Crippen molar-refractivity contribution in [2.75, 3.05) is 0 Å². The van der Waals surface area contributed by atoms with Crippen molar-refractivity contribution < 1.29 is 0 Å².